The normalized spacial score (nSPS) is 29.7. The Kier molecular flexibility index (Phi) is 2.98. The number of anilines is 1. The summed E-state index contributed by atoms with van der Waals surface area (Å²) in [5.41, 5.74) is 0.300. The Balaban J connectivity index is 1.88. The number of carbonyl (C=O) groups is 1. The zero-order valence-corrected chi connectivity index (χ0v) is 12.3. The second-order valence-corrected chi connectivity index (χ2v) is 6.80. The van der Waals surface area contributed by atoms with Gasteiger partial charge in [-0.2, -0.15) is 0 Å². The minimum atomic E-state index is -0.753. The van der Waals surface area contributed by atoms with Crippen molar-refractivity contribution >= 4 is 11.6 Å². The van der Waals surface area contributed by atoms with Crippen molar-refractivity contribution in [3.63, 3.8) is 0 Å². The fourth-order valence-corrected chi connectivity index (χ4v) is 3.97. The number of fused-ring (bicyclic) bond motifs is 2. The van der Waals surface area contributed by atoms with Crippen LogP contribution < -0.4 is 5.32 Å². The number of hydrogen-bond acceptors (Lipinski definition) is 1. The van der Waals surface area contributed by atoms with Crippen LogP contribution in [0.1, 0.15) is 33.1 Å². The van der Waals surface area contributed by atoms with E-state index in [1.165, 1.54) is 6.07 Å². The van der Waals surface area contributed by atoms with E-state index in [0.717, 1.165) is 37.0 Å². The lowest BCUT2D eigenvalue weighted by Gasteiger charge is -2.37. The molecule has 0 aliphatic heterocycles. The molecule has 2 atom stereocenters. The summed E-state index contributed by atoms with van der Waals surface area (Å²) in [6, 6.07) is 3.17. The van der Waals surface area contributed by atoms with Crippen molar-refractivity contribution in [2.75, 3.05) is 5.32 Å². The zero-order chi connectivity index (χ0) is 15.4. The van der Waals surface area contributed by atoms with Crippen molar-refractivity contribution in [2.24, 2.45) is 16.7 Å². The number of carbonyl (C=O) groups excluding carboxylic acids is 1. The SMILES string of the molecule is C=C1C2(C(=O)Nc3ccc(F)cc3F)CCC(C2)C1(C)C. The summed E-state index contributed by atoms with van der Waals surface area (Å²) in [5, 5.41) is 2.62. The topological polar surface area (TPSA) is 29.1 Å². The fourth-order valence-electron chi connectivity index (χ4n) is 3.97. The molecule has 2 bridgehead atoms. The number of benzene rings is 1. The monoisotopic (exact) mass is 291 g/mol. The van der Waals surface area contributed by atoms with E-state index in [2.05, 4.69) is 25.7 Å². The number of hydrogen-bond donors (Lipinski definition) is 1. The van der Waals surface area contributed by atoms with Crippen LogP contribution in [0.3, 0.4) is 0 Å². The number of halogens is 2. The molecular formula is C17H19F2NO. The first-order chi connectivity index (χ1) is 9.77. The molecule has 2 unspecified atom stereocenters. The number of amides is 1. The van der Waals surface area contributed by atoms with Gasteiger partial charge in [-0.1, -0.05) is 26.0 Å². The summed E-state index contributed by atoms with van der Waals surface area (Å²) in [6.45, 7) is 8.38. The third-order valence-electron chi connectivity index (χ3n) is 5.50. The standard InChI is InChI=1S/C17H19F2NO/c1-10-16(2,3)11-6-7-17(10,9-11)15(21)20-14-5-4-12(18)8-13(14)19/h4-5,8,11H,1,6-7,9H2,2-3H3,(H,20,21). The smallest absolute Gasteiger partial charge is 0.234 e. The average Bonchev–Trinajstić information content (AvgIpc) is 2.93. The van der Waals surface area contributed by atoms with Crippen molar-refractivity contribution in [2.45, 2.75) is 33.1 Å². The Hall–Kier alpha value is -1.71. The molecule has 2 aliphatic rings. The highest BCUT2D eigenvalue weighted by atomic mass is 19.1. The first-order valence-electron chi connectivity index (χ1n) is 7.24. The van der Waals surface area contributed by atoms with Gasteiger partial charge in [0, 0.05) is 6.07 Å². The second kappa shape index (κ2) is 4.39. The van der Waals surface area contributed by atoms with Crippen LogP contribution in [-0.2, 0) is 4.79 Å². The molecule has 1 amide bonds. The molecule has 0 saturated heterocycles. The predicted molar refractivity (Wildman–Crippen MR) is 77.7 cm³/mol. The van der Waals surface area contributed by atoms with Gasteiger partial charge >= 0.3 is 0 Å². The van der Waals surface area contributed by atoms with E-state index in [-0.39, 0.29) is 17.0 Å². The summed E-state index contributed by atoms with van der Waals surface area (Å²) in [4.78, 5) is 12.7. The Morgan fingerprint density at radius 1 is 1.38 bits per heavy atom. The molecule has 2 aliphatic carbocycles. The van der Waals surface area contributed by atoms with Crippen LogP contribution >= 0.6 is 0 Å². The molecule has 0 spiro atoms. The molecule has 1 aromatic carbocycles. The molecule has 1 N–H and O–H groups in total. The van der Waals surface area contributed by atoms with Crippen LogP contribution in [0.5, 0.6) is 0 Å². The van der Waals surface area contributed by atoms with Crippen molar-refractivity contribution in [1.29, 1.82) is 0 Å². The molecular weight excluding hydrogens is 272 g/mol. The molecule has 1 aromatic rings. The van der Waals surface area contributed by atoms with Gasteiger partial charge in [0.15, 0.2) is 0 Å². The Bertz CT molecular complexity index is 638. The highest BCUT2D eigenvalue weighted by molar-refractivity contribution is 5.98. The zero-order valence-electron chi connectivity index (χ0n) is 12.3. The third-order valence-corrected chi connectivity index (χ3v) is 5.50. The van der Waals surface area contributed by atoms with E-state index < -0.39 is 17.0 Å². The van der Waals surface area contributed by atoms with E-state index >= 15 is 0 Å². The quantitative estimate of drug-likeness (QED) is 0.809. The molecule has 112 valence electrons. The summed E-state index contributed by atoms with van der Waals surface area (Å²) >= 11 is 0. The molecule has 4 heteroatoms. The van der Waals surface area contributed by atoms with Crippen LogP contribution in [-0.4, -0.2) is 5.91 Å². The summed E-state index contributed by atoms with van der Waals surface area (Å²) < 4.78 is 26.6. The van der Waals surface area contributed by atoms with Crippen LogP contribution in [0.4, 0.5) is 14.5 Å². The van der Waals surface area contributed by atoms with Gasteiger partial charge < -0.3 is 5.32 Å². The van der Waals surface area contributed by atoms with Gasteiger partial charge in [0.25, 0.3) is 0 Å². The second-order valence-electron chi connectivity index (χ2n) is 6.80. The lowest BCUT2D eigenvalue weighted by Crippen LogP contribution is -2.37. The first kappa shape index (κ1) is 14.2. The van der Waals surface area contributed by atoms with Crippen molar-refractivity contribution in [1.82, 2.24) is 0 Å². The Morgan fingerprint density at radius 2 is 2.10 bits per heavy atom. The van der Waals surface area contributed by atoms with E-state index in [9.17, 15) is 13.6 Å². The molecule has 2 saturated carbocycles. The average molecular weight is 291 g/mol. The van der Waals surface area contributed by atoms with E-state index in [1.54, 1.807) is 0 Å². The molecule has 0 aromatic heterocycles. The highest BCUT2D eigenvalue weighted by Gasteiger charge is 2.60. The van der Waals surface area contributed by atoms with Crippen molar-refractivity contribution < 1.29 is 13.6 Å². The van der Waals surface area contributed by atoms with Crippen molar-refractivity contribution in [3.8, 4) is 0 Å². The van der Waals surface area contributed by atoms with E-state index in [1.807, 2.05) is 0 Å². The first-order valence-corrected chi connectivity index (χ1v) is 7.24. The maximum atomic E-state index is 13.7. The Morgan fingerprint density at radius 3 is 2.67 bits per heavy atom. The third kappa shape index (κ3) is 1.92. The summed E-state index contributed by atoms with van der Waals surface area (Å²) in [5.74, 6) is -1.17. The molecule has 2 fully saturated rings. The molecule has 3 rings (SSSR count). The maximum Gasteiger partial charge on any atom is 0.234 e. The number of rotatable bonds is 2. The van der Waals surface area contributed by atoms with E-state index in [0.29, 0.717) is 5.92 Å². The van der Waals surface area contributed by atoms with Gasteiger partial charge in [-0.05, 0) is 42.7 Å². The molecule has 0 radical (unpaired) electrons. The highest BCUT2D eigenvalue weighted by Crippen LogP contribution is 2.65. The van der Waals surface area contributed by atoms with Gasteiger partial charge in [0.1, 0.15) is 11.6 Å². The van der Waals surface area contributed by atoms with E-state index in [4.69, 9.17) is 0 Å². The van der Waals surface area contributed by atoms with Crippen molar-refractivity contribution in [3.05, 3.63) is 42.0 Å². The van der Waals surface area contributed by atoms with Crippen LogP contribution in [0.15, 0.2) is 30.4 Å². The maximum absolute atomic E-state index is 13.7. The van der Waals surface area contributed by atoms with Gasteiger partial charge in [0.2, 0.25) is 5.91 Å². The van der Waals surface area contributed by atoms with Crippen LogP contribution in [0, 0.1) is 28.4 Å². The van der Waals surface area contributed by atoms with Gasteiger partial charge in [-0.15, -0.1) is 0 Å². The minimum absolute atomic E-state index is 0.0248. The van der Waals surface area contributed by atoms with Gasteiger partial charge in [-0.3, -0.25) is 4.79 Å². The predicted octanol–water partition coefficient (Wildman–Crippen LogP) is 4.29. The molecule has 21 heavy (non-hydrogen) atoms. The molecule has 2 nitrogen and oxygen atoms in total. The Labute approximate surface area is 123 Å². The van der Waals surface area contributed by atoms with Gasteiger partial charge in [0.05, 0.1) is 11.1 Å². The minimum Gasteiger partial charge on any atom is -0.323 e. The van der Waals surface area contributed by atoms with Gasteiger partial charge in [-0.25, -0.2) is 8.78 Å². The molecule has 0 heterocycles. The van der Waals surface area contributed by atoms with Crippen LogP contribution in [0.2, 0.25) is 0 Å². The summed E-state index contributed by atoms with van der Waals surface area (Å²) in [6.07, 6.45) is 2.52. The largest absolute Gasteiger partial charge is 0.323 e. The number of nitrogens with one attached hydrogen (secondary N) is 1. The van der Waals surface area contributed by atoms with Crippen LogP contribution in [0.25, 0.3) is 0 Å². The lowest BCUT2D eigenvalue weighted by molar-refractivity contribution is -0.123. The fraction of sp³-hybridized carbons (Fsp3) is 0.471. The summed E-state index contributed by atoms with van der Waals surface area (Å²) in [7, 11) is 0. The lowest BCUT2D eigenvalue weighted by atomic mass is 9.68.